The van der Waals surface area contributed by atoms with Crippen LogP contribution < -0.4 is 9.47 Å². The van der Waals surface area contributed by atoms with Crippen molar-refractivity contribution in [3.63, 3.8) is 0 Å². The third-order valence-electron chi connectivity index (χ3n) is 8.71. The summed E-state index contributed by atoms with van der Waals surface area (Å²) in [7, 11) is 0. The first-order valence-corrected chi connectivity index (χ1v) is 14.8. The minimum atomic E-state index is -1.05. The fraction of sp³-hybridized carbons (Fsp3) is 0.419. The lowest BCUT2D eigenvalue weighted by Gasteiger charge is -2.36. The van der Waals surface area contributed by atoms with Crippen LogP contribution in [0.2, 0.25) is 5.02 Å². The van der Waals surface area contributed by atoms with Crippen LogP contribution in [0.25, 0.3) is 11.2 Å². The third kappa shape index (κ3) is 4.77. The van der Waals surface area contributed by atoms with E-state index in [-0.39, 0.29) is 17.8 Å². The Balaban J connectivity index is 1.10. The summed E-state index contributed by atoms with van der Waals surface area (Å²) in [5.41, 5.74) is 3.13. The summed E-state index contributed by atoms with van der Waals surface area (Å²) in [6, 6.07) is 13.0. The van der Waals surface area contributed by atoms with Gasteiger partial charge in [0.25, 0.3) is 5.79 Å². The number of likely N-dealkylation sites (tertiary alicyclic amines) is 1. The number of fused-ring (bicyclic) bond motifs is 2. The molecule has 1 N–H and O–H groups in total. The minimum absolute atomic E-state index is 0.0164. The van der Waals surface area contributed by atoms with E-state index in [9.17, 15) is 9.90 Å². The Morgan fingerprint density at radius 1 is 1.12 bits per heavy atom. The Hall–Kier alpha value is -3.73. The second-order valence-corrected chi connectivity index (χ2v) is 11.8. The molecule has 10 nitrogen and oxygen atoms in total. The van der Waals surface area contributed by atoms with Crippen molar-refractivity contribution in [1.82, 2.24) is 24.4 Å². The van der Waals surface area contributed by atoms with Gasteiger partial charge >= 0.3 is 5.97 Å². The van der Waals surface area contributed by atoms with Gasteiger partial charge in [0.15, 0.2) is 22.8 Å². The average molecular weight is 590 g/mol. The molecular formula is C31H32ClN5O5. The first kappa shape index (κ1) is 27.1. The molecule has 0 bridgehead atoms. The van der Waals surface area contributed by atoms with Gasteiger partial charge in [0.2, 0.25) is 0 Å². The van der Waals surface area contributed by atoms with E-state index in [1.165, 1.54) is 6.07 Å². The number of rotatable bonds is 7. The minimum Gasteiger partial charge on any atom is -0.477 e. The molecule has 6 heterocycles. The Kier molecular flexibility index (Phi) is 6.79. The van der Waals surface area contributed by atoms with Crippen LogP contribution in [0, 0.1) is 0 Å². The fourth-order valence-electron chi connectivity index (χ4n) is 6.25. The van der Waals surface area contributed by atoms with Crippen molar-refractivity contribution in [2.45, 2.75) is 63.5 Å². The molecule has 3 aromatic heterocycles. The zero-order valence-electron chi connectivity index (χ0n) is 23.5. The van der Waals surface area contributed by atoms with E-state index in [0.717, 1.165) is 61.8 Å². The summed E-state index contributed by atoms with van der Waals surface area (Å²) in [6.07, 6.45) is 4.56. The number of nitrogens with zero attached hydrogens (tertiary/aromatic N) is 5. The summed E-state index contributed by atoms with van der Waals surface area (Å²) in [6.45, 7) is 7.16. The molecule has 0 radical (unpaired) electrons. The number of hydrogen-bond acceptors (Lipinski definition) is 8. The number of piperidine rings is 1. The van der Waals surface area contributed by atoms with E-state index in [1.807, 2.05) is 25.1 Å². The van der Waals surface area contributed by atoms with Crippen LogP contribution in [0.5, 0.6) is 11.5 Å². The maximum absolute atomic E-state index is 11.6. The van der Waals surface area contributed by atoms with Crippen LogP contribution in [0.3, 0.4) is 0 Å². The topological polar surface area (TPSA) is 112 Å². The lowest BCUT2D eigenvalue weighted by molar-refractivity contribution is -0.0722. The van der Waals surface area contributed by atoms with Crippen LogP contribution in [0.15, 0.2) is 48.7 Å². The number of hydrogen-bond donors (Lipinski definition) is 1. The second kappa shape index (κ2) is 10.5. The number of carboxylic acids is 1. The van der Waals surface area contributed by atoms with Gasteiger partial charge in [0, 0.05) is 25.3 Å². The molecule has 3 atom stereocenters. The quantitative estimate of drug-likeness (QED) is 0.296. The van der Waals surface area contributed by atoms with Gasteiger partial charge in [-0.3, -0.25) is 9.88 Å². The van der Waals surface area contributed by atoms with Crippen LogP contribution in [-0.4, -0.2) is 61.3 Å². The Morgan fingerprint density at radius 2 is 1.93 bits per heavy atom. The molecule has 2 fully saturated rings. The number of pyridine rings is 2. The second-order valence-electron chi connectivity index (χ2n) is 11.4. The van der Waals surface area contributed by atoms with Crippen LogP contribution in [0.4, 0.5) is 0 Å². The monoisotopic (exact) mass is 589 g/mol. The van der Waals surface area contributed by atoms with Crippen LogP contribution in [0.1, 0.15) is 72.6 Å². The molecule has 0 saturated carbocycles. The van der Waals surface area contributed by atoms with E-state index in [2.05, 4.69) is 32.4 Å². The Morgan fingerprint density at radius 3 is 2.62 bits per heavy atom. The largest absolute Gasteiger partial charge is 0.477 e. The molecule has 11 heteroatoms. The van der Waals surface area contributed by atoms with Gasteiger partial charge in [-0.2, -0.15) is 0 Å². The number of ether oxygens (including phenoxy) is 3. The standard InChI is InChI=1S/C31H32ClN5O5/c1-18(28-34-23-7-8-24(30(38)39)35-29(23)37(28)17-21-12-15-40-21)36-13-10-19(11-14-36)22-4-3-5-25-27(22)42-31(2,41-25)26-9-6-20(32)16-33-26/h3-9,16,18-19,21H,10-15,17H2,1-2H3,(H,38,39)/t18?,21-,31+/m0/s1. The molecule has 1 aromatic carbocycles. The van der Waals surface area contributed by atoms with Crippen molar-refractivity contribution in [3.8, 4) is 11.5 Å². The van der Waals surface area contributed by atoms with Crippen molar-refractivity contribution in [2.75, 3.05) is 19.7 Å². The van der Waals surface area contributed by atoms with E-state index in [0.29, 0.717) is 34.3 Å². The predicted octanol–water partition coefficient (Wildman–Crippen LogP) is 5.55. The summed E-state index contributed by atoms with van der Waals surface area (Å²) in [5.74, 6) is 0.643. The summed E-state index contributed by atoms with van der Waals surface area (Å²) in [4.78, 5) is 27.9. The van der Waals surface area contributed by atoms with Crippen LogP contribution in [-0.2, 0) is 17.1 Å². The van der Waals surface area contributed by atoms with Gasteiger partial charge < -0.3 is 23.9 Å². The molecule has 4 aromatic rings. The van der Waals surface area contributed by atoms with Gasteiger partial charge in [0.1, 0.15) is 17.0 Å². The van der Waals surface area contributed by atoms with Crippen molar-refractivity contribution in [2.24, 2.45) is 0 Å². The Bertz CT molecular complexity index is 1650. The molecule has 2 saturated heterocycles. The highest BCUT2D eigenvalue weighted by Gasteiger charge is 2.42. The van der Waals surface area contributed by atoms with E-state index in [4.69, 9.17) is 30.8 Å². The number of halogens is 1. The third-order valence-corrected chi connectivity index (χ3v) is 8.94. The number of carboxylic acid groups (broad SMARTS) is 1. The molecule has 0 spiro atoms. The van der Waals surface area contributed by atoms with Crippen molar-refractivity contribution < 1.29 is 24.1 Å². The fourth-order valence-corrected chi connectivity index (χ4v) is 6.36. The van der Waals surface area contributed by atoms with Crippen LogP contribution >= 0.6 is 11.6 Å². The molecule has 42 heavy (non-hydrogen) atoms. The van der Waals surface area contributed by atoms with Gasteiger partial charge in [-0.05, 0) is 75.5 Å². The van der Waals surface area contributed by atoms with E-state index < -0.39 is 11.8 Å². The van der Waals surface area contributed by atoms with E-state index >= 15 is 0 Å². The molecule has 0 amide bonds. The first-order valence-electron chi connectivity index (χ1n) is 14.4. The number of imidazole rings is 1. The van der Waals surface area contributed by atoms with Gasteiger partial charge in [-0.25, -0.2) is 14.8 Å². The summed E-state index contributed by atoms with van der Waals surface area (Å²) >= 11 is 6.05. The summed E-state index contributed by atoms with van der Waals surface area (Å²) < 4.78 is 20.5. The first-order chi connectivity index (χ1) is 20.3. The molecule has 0 aliphatic carbocycles. The Labute approximate surface area is 248 Å². The lowest BCUT2D eigenvalue weighted by Crippen LogP contribution is -2.37. The maximum atomic E-state index is 11.6. The maximum Gasteiger partial charge on any atom is 0.354 e. The average Bonchev–Trinajstić information content (AvgIpc) is 3.52. The zero-order chi connectivity index (χ0) is 29.0. The summed E-state index contributed by atoms with van der Waals surface area (Å²) in [5, 5.41) is 10.1. The van der Waals surface area contributed by atoms with Crippen molar-refractivity contribution in [1.29, 1.82) is 0 Å². The number of benzene rings is 1. The normalized spacial score (nSPS) is 23.2. The zero-order valence-corrected chi connectivity index (χ0v) is 24.3. The molecule has 1 unspecified atom stereocenters. The highest BCUT2D eigenvalue weighted by Crippen LogP contribution is 2.49. The van der Waals surface area contributed by atoms with Crippen molar-refractivity contribution >= 4 is 28.7 Å². The number of para-hydroxylation sites is 1. The highest BCUT2D eigenvalue weighted by atomic mass is 35.5. The lowest BCUT2D eigenvalue weighted by atomic mass is 9.88. The number of aromatic nitrogens is 4. The smallest absolute Gasteiger partial charge is 0.354 e. The molecule has 3 aliphatic heterocycles. The predicted molar refractivity (Wildman–Crippen MR) is 155 cm³/mol. The SMILES string of the molecule is CC(c1nc2ccc(C(=O)O)nc2n1C[C@@H]1CCO1)N1CCC(c2cccc3c2O[C@](C)(c2ccc(Cl)cn2)O3)CC1. The van der Waals surface area contributed by atoms with Gasteiger partial charge in [0.05, 0.1) is 23.7 Å². The van der Waals surface area contributed by atoms with Gasteiger partial charge in [-0.15, -0.1) is 0 Å². The molecule has 7 rings (SSSR count). The van der Waals surface area contributed by atoms with Gasteiger partial charge in [-0.1, -0.05) is 23.7 Å². The van der Waals surface area contributed by atoms with Crippen molar-refractivity contribution in [3.05, 3.63) is 76.5 Å². The number of aromatic carboxylic acids is 1. The molecule has 3 aliphatic rings. The molecular weight excluding hydrogens is 558 g/mol. The highest BCUT2D eigenvalue weighted by molar-refractivity contribution is 6.30. The van der Waals surface area contributed by atoms with E-state index in [1.54, 1.807) is 18.3 Å². The molecule has 218 valence electrons. The number of carbonyl (C=O) groups is 1.